The highest BCUT2D eigenvalue weighted by Gasteiger charge is 2.12. The Morgan fingerprint density at radius 3 is 1.94 bits per heavy atom. The summed E-state index contributed by atoms with van der Waals surface area (Å²) >= 11 is 0. The summed E-state index contributed by atoms with van der Waals surface area (Å²) in [4.78, 5) is 25.3. The van der Waals surface area contributed by atoms with Gasteiger partial charge < -0.3 is 14.6 Å². The summed E-state index contributed by atoms with van der Waals surface area (Å²) in [5.41, 5.74) is 9.61. The molecule has 0 fully saturated rings. The van der Waals surface area contributed by atoms with Gasteiger partial charge in [-0.15, -0.1) is 0 Å². The number of aryl methyl sites for hydroxylation is 1. The molecule has 5 aromatic rings. The lowest BCUT2D eigenvalue weighted by molar-refractivity contribution is 0.0696. The topological polar surface area (TPSA) is 88.1 Å². The Balaban J connectivity index is 1.23. The maximum Gasteiger partial charge on any atom is 0.411 e. The highest BCUT2D eigenvalue weighted by atomic mass is 16.5. The summed E-state index contributed by atoms with van der Waals surface area (Å²) in [6.45, 7) is 8.73. The minimum Gasteiger partial charge on any atom is -0.489 e. The van der Waals surface area contributed by atoms with Gasteiger partial charge in [0, 0.05) is 25.3 Å². The van der Waals surface area contributed by atoms with Gasteiger partial charge in [0.2, 0.25) is 0 Å². The Hall–Kier alpha value is -5.66. The van der Waals surface area contributed by atoms with Crippen LogP contribution in [-0.2, 0) is 30.7 Å². The van der Waals surface area contributed by atoms with Crippen LogP contribution >= 0.6 is 0 Å². The number of rotatable bonds is 15. The van der Waals surface area contributed by atoms with Crippen LogP contribution in [-0.4, -0.2) is 42.3 Å². The molecule has 0 aliphatic carbocycles. The number of hydrogen-bond donors (Lipinski definition) is 2. The summed E-state index contributed by atoms with van der Waals surface area (Å²) in [5.74, 6) is -0.0672. The molecule has 250 valence electrons. The molecular weight excluding hydrogens is 612 g/mol. The van der Waals surface area contributed by atoms with Gasteiger partial charge in [0.25, 0.3) is 0 Å². The van der Waals surface area contributed by atoms with E-state index >= 15 is 0 Å². The number of amides is 1. The molecule has 1 amide bonds. The van der Waals surface area contributed by atoms with Crippen molar-refractivity contribution in [3.05, 3.63) is 167 Å². The van der Waals surface area contributed by atoms with Crippen molar-refractivity contribution in [2.45, 2.75) is 32.9 Å². The van der Waals surface area contributed by atoms with E-state index in [9.17, 15) is 14.7 Å². The largest absolute Gasteiger partial charge is 0.489 e. The fourth-order valence-corrected chi connectivity index (χ4v) is 5.52. The van der Waals surface area contributed by atoms with Gasteiger partial charge in [-0.2, -0.15) is 0 Å². The summed E-state index contributed by atoms with van der Waals surface area (Å²) in [6, 6.07) is 40.3. The SMILES string of the molecule is C=C(NC(=O)OC)c1ccc(CCN(CCc2ccccc2OCc2ccc(-c3ccc(C)cc3)cc2)Cc2ccc(C(=O)O)cc2)cc1. The number of benzene rings is 5. The number of nitrogens with one attached hydrogen (secondary N) is 1. The summed E-state index contributed by atoms with van der Waals surface area (Å²) in [6.07, 6.45) is 1.04. The average Bonchev–Trinajstić information content (AvgIpc) is 3.13. The number of ether oxygens (including phenoxy) is 2. The van der Waals surface area contributed by atoms with Gasteiger partial charge >= 0.3 is 12.1 Å². The number of alkyl carbamates (subject to hydrolysis) is 1. The quantitative estimate of drug-likeness (QED) is 0.118. The second-order valence-electron chi connectivity index (χ2n) is 12.0. The molecule has 5 rings (SSSR count). The number of carbonyl (C=O) groups is 2. The van der Waals surface area contributed by atoms with Crippen LogP contribution < -0.4 is 10.1 Å². The average molecular weight is 655 g/mol. The van der Waals surface area contributed by atoms with Crippen molar-refractivity contribution in [3.8, 4) is 16.9 Å². The molecule has 0 aromatic heterocycles. The molecule has 0 spiro atoms. The highest BCUT2D eigenvalue weighted by Crippen LogP contribution is 2.24. The smallest absolute Gasteiger partial charge is 0.411 e. The van der Waals surface area contributed by atoms with Crippen LogP contribution in [0.15, 0.2) is 128 Å². The van der Waals surface area contributed by atoms with Crippen molar-refractivity contribution in [1.29, 1.82) is 0 Å². The number of nitrogens with zero attached hydrogens (tertiary/aromatic N) is 1. The molecule has 0 aliphatic heterocycles. The van der Waals surface area contributed by atoms with Crippen molar-refractivity contribution >= 4 is 17.8 Å². The zero-order chi connectivity index (χ0) is 34.6. The van der Waals surface area contributed by atoms with Gasteiger partial charge in [-0.25, -0.2) is 9.59 Å². The van der Waals surface area contributed by atoms with Gasteiger partial charge in [0.05, 0.1) is 12.7 Å². The van der Waals surface area contributed by atoms with Gasteiger partial charge in [0.15, 0.2) is 0 Å². The van der Waals surface area contributed by atoms with Gasteiger partial charge in [0.1, 0.15) is 12.4 Å². The van der Waals surface area contributed by atoms with E-state index in [2.05, 4.69) is 83.1 Å². The first kappa shape index (κ1) is 34.7. The van der Waals surface area contributed by atoms with E-state index in [0.29, 0.717) is 18.8 Å². The van der Waals surface area contributed by atoms with Gasteiger partial charge in [-0.05, 0) is 76.9 Å². The molecule has 0 atom stereocenters. The van der Waals surface area contributed by atoms with Crippen molar-refractivity contribution in [2.24, 2.45) is 0 Å². The Labute approximate surface area is 288 Å². The lowest BCUT2D eigenvalue weighted by Gasteiger charge is -2.23. The number of para-hydroxylation sites is 1. The molecule has 2 N–H and O–H groups in total. The van der Waals surface area contributed by atoms with Crippen LogP contribution in [0.5, 0.6) is 5.75 Å². The molecule has 7 nitrogen and oxygen atoms in total. The van der Waals surface area contributed by atoms with Crippen LogP contribution in [0, 0.1) is 6.92 Å². The van der Waals surface area contributed by atoms with Gasteiger partial charge in [-0.1, -0.05) is 115 Å². The van der Waals surface area contributed by atoms with Crippen LogP contribution in [0.2, 0.25) is 0 Å². The third-order valence-electron chi connectivity index (χ3n) is 8.47. The molecule has 0 bridgehead atoms. The van der Waals surface area contributed by atoms with Crippen molar-refractivity contribution in [1.82, 2.24) is 10.2 Å². The molecule has 0 heterocycles. The second-order valence-corrected chi connectivity index (χ2v) is 12.0. The Kier molecular flexibility index (Phi) is 12.0. The number of carboxylic acids is 1. The molecule has 0 unspecified atom stereocenters. The third kappa shape index (κ3) is 10.2. The van der Waals surface area contributed by atoms with E-state index < -0.39 is 12.1 Å². The van der Waals surface area contributed by atoms with E-state index in [0.717, 1.165) is 59.5 Å². The molecule has 0 aliphatic rings. The summed E-state index contributed by atoms with van der Waals surface area (Å²) in [7, 11) is 1.32. The van der Waals surface area contributed by atoms with Gasteiger partial charge in [-0.3, -0.25) is 10.2 Å². The Morgan fingerprint density at radius 2 is 1.29 bits per heavy atom. The lowest BCUT2D eigenvalue weighted by atomic mass is 10.0. The number of methoxy groups -OCH3 is 1. The van der Waals surface area contributed by atoms with E-state index in [1.807, 2.05) is 54.6 Å². The maximum absolute atomic E-state index is 11.6. The zero-order valence-corrected chi connectivity index (χ0v) is 28.0. The lowest BCUT2D eigenvalue weighted by Crippen LogP contribution is -2.28. The molecule has 5 aromatic carbocycles. The van der Waals surface area contributed by atoms with E-state index in [1.54, 1.807) is 12.1 Å². The maximum atomic E-state index is 11.6. The minimum atomic E-state index is -0.935. The van der Waals surface area contributed by atoms with E-state index in [4.69, 9.17) is 4.74 Å². The predicted octanol–water partition coefficient (Wildman–Crippen LogP) is 8.55. The predicted molar refractivity (Wildman–Crippen MR) is 194 cm³/mol. The van der Waals surface area contributed by atoms with Crippen LogP contribution in [0.3, 0.4) is 0 Å². The molecule has 0 radical (unpaired) electrons. The number of hydrogen-bond acceptors (Lipinski definition) is 5. The van der Waals surface area contributed by atoms with Crippen LogP contribution in [0.25, 0.3) is 16.8 Å². The monoisotopic (exact) mass is 654 g/mol. The van der Waals surface area contributed by atoms with Crippen LogP contribution in [0.1, 0.15) is 43.7 Å². The summed E-state index contributed by atoms with van der Waals surface area (Å²) < 4.78 is 11.0. The van der Waals surface area contributed by atoms with Crippen molar-refractivity contribution in [2.75, 3.05) is 20.2 Å². The van der Waals surface area contributed by atoms with Crippen LogP contribution in [0.4, 0.5) is 4.79 Å². The van der Waals surface area contributed by atoms with Crippen molar-refractivity contribution < 1.29 is 24.2 Å². The normalized spacial score (nSPS) is 10.8. The first-order valence-corrected chi connectivity index (χ1v) is 16.3. The zero-order valence-electron chi connectivity index (χ0n) is 28.0. The summed E-state index contributed by atoms with van der Waals surface area (Å²) in [5, 5.41) is 12.0. The fraction of sp³-hybridized carbons (Fsp3) is 0.190. The fourth-order valence-electron chi connectivity index (χ4n) is 5.52. The molecule has 0 saturated heterocycles. The Morgan fingerprint density at radius 1 is 0.714 bits per heavy atom. The molecular formula is C42H42N2O5. The highest BCUT2D eigenvalue weighted by molar-refractivity contribution is 5.87. The number of carboxylic acid groups (broad SMARTS) is 1. The van der Waals surface area contributed by atoms with E-state index in [1.165, 1.54) is 23.8 Å². The number of carbonyl (C=O) groups excluding carboxylic acids is 1. The second kappa shape index (κ2) is 16.9. The Bertz CT molecular complexity index is 1850. The first-order valence-electron chi connectivity index (χ1n) is 16.3. The minimum absolute atomic E-state index is 0.273. The molecule has 49 heavy (non-hydrogen) atoms. The molecule has 7 heteroatoms. The molecule has 0 saturated carbocycles. The van der Waals surface area contributed by atoms with Crippen molar-refractivity contribution in [3.63, 3.8) is 0 Å². The standard InChI is InChI=1S/C42H42N2O5/c1-30-8-16-36(17-9-30)37-20-14-34(15-21-37)29-49-40-7-5-4-6-38(40)25-27-44(28-33-12-22-39(23-13-33)41(45)46)26-24-32-10-18-35(19-11-32)31(2)43-42(47)48-3/h4-23H,2,24-29H2,1,3H3,(H,43,47)(H,45,46). The number of aromatic carboxylic acids is 1. The third-order valence-corrected chi connectivity index (χ3v) is 8.47. The first-order chi connectivity index (χ1) is 23.8. The van der Waals surface area contributed by atoms with E-state index in [-0.39, 0.29) is 5.56 Å².